The molecular weight excluding hydrogens is 326 g/mol. The Morgan fingerprint density at radius 2 is 2.05 bits per heavy atom. The van der Waals surface area contributed by atoms with E-state index in [-0.39, 0.29) is 15.6 Å². The maximum Gasteiger partial charge on any atom is 0.283 e. The molecule has 22 heavy (non-hydrogen) atoms. The van der Waals surface area contributed by atoms with Crippen LogP contribution in [0.1, 0.15) is 24.2 Å². The molecule has 0 spiro atoms. The minimum Gasteiger partial charge on any atom is -0.336 e. The van der Waals surface area contributed by atoms with Crippen molar-refractivity contribution in [1.82, 2.24) is 14.3 Å². The summed E-state index contributed by atoms with van der Waals surface area (Å²) in [4.78, 5) is 15.9. The quantitative estimate of drug-likeness (QED) is 0.904. The third-order valence-corrected chi connectivity index (χ3v) is 4.35. The number of benzene rings is 1. The highest BCUT2D eigenvalue weighted by atomic mass is 35.5. The maximum absolute atomic E-state index is 12.2. The number of amides is 1. The molecule has 0 fully saturated rings. The van der Waals surface area contributed by atoms with E-state index in [9.17, 15) is 13.2 Å². The van der Waals surface area contributed by atoms with Crippen LogP contribution in [0.2, 0.25) is 5.02 Å². The molecule has 0 radical (unpaired) electrons. The number of carbonyl (C=O) groups excluding carboxylic acids is 1. The zero-order valence-electron chi connectivity index (χ0n) is 12.2. The Labute approximate surface area is 134 Å². The number of imidazole rings is 1. The van der Waals surface area contributed by atoms with Crippen molar-refractivity contribution in [3.05, 3.63) is 47.4 Å². The molecule has 1 aromatic carbocycles. The monoisotopic (exact) mass is 341 g/mol. The molecule has 1 amide bonds. The van der Waals surface area contributed by atoms with E-state index in [1.54, 1.807) is 16.7 Å². The lowest BCUT2D eigenvalue weighted by molar-refractivity contribution is 0.0981. The number of nitrogens with one attached hydrogen (secondary N) is 1. The molecule has 2 rings (SSSR count). The van der Waals surface area contributed by atoms with Crippen LogP contribution in [0.25, 0.3) is 0 Å². The lowest BCUT2D eigenvalue weighted by Crippen LogP contribution is -2.31. The fraction of sp³-hybridized carbons (Fsp3) is 0.286. The van der Waals surface area contributed by atoms with Gasteiger partial charge in [0.2, 0.25) is 0 Å². The largest absolute Gasteiger partial charge is 0.336 e. The smallest absolute Gasteiger partial charge is 0.283 e. The van der Waals surface area contributed by atoms with E-state index in [1.165, 1.54) is 24.7 Å². The van der Waals surface area contributed by atoms with Crippen molar-refractivity contribution in [2.24, 2.45) is 5.92 Å². The van der Waals surface area contributed by atoms with Crippen molar-refractivity contribution >= 4 is 27.5 Å². The third-order valence-electron chi connectivity index (χ3n) is 2.81. The molecule has 118 valence electrons. The van der Waals surface area contributed by atoms with Crippen LogP contribution >= 0.6 is 11.6 Å². The second-order valence-electron chi connectivity index (χ2n) is 5.22. The topological polar surface area (TPSA) is 81.1 Å². The lowest BCUT2D eigenvalue weighted by Gasteiger charge is -2.06. The standard InChI is InChI=1S/C14H16ClN3O3S/c1-10(2)7-18-8-13(16-9-18)22(20,21)17-14(19)11-5-3-4-6-12(11)15/h3-6,8-10H,7H2,1-2H3,(H,17,19). The molecule has 1 aromatic heterocycles. The average Bonchev–Trinajstić information content (AvgIpc) is 2.87. The Hall–Kier alpha value is -1.86. The summed E-state index contributed by atoms with van der Waals surface area (Å²) in [6.07, 6.45) is 2.82. The van der Waals surface area contributed by atoms with Gasteiger partial charge in [-0.05, 0) is 18.1 Å². The highest BCUT2D eigenvalue weighted by Crippen LogP contribution is 2.16. The van der Waals surface area contributed by atoms with Crippen LogP contribution in [-0.4, -0.2) is 23.9 Å². The Morgan fingerprint density at radius 1 is 1.36 bits per heavy atom. The van der Waals surface area contributed by atoms with Crippen LogP contribution in [0, 0.1) is 5.92 Å². The van der Waals surface area contributed by atoms with Crippen LogP contribution in [0.3, 0.4) is 0 Å². The number of hydrogen-bond acceptors (Lipinski definition) is 4. The van der Waals surface area contributed by atoms with Crippen molar-refractivity contribution in [2.75, 3.05) is 0 Å². The van der Waals surface area contributed by atoms with Crippen molar-refractivity contribution in [3.8, 4) is 0 Å². The maximum atomic E-state index is 12.2. The Morgan fingerprint density at radius 3 is 2.68 bits per heavy atom. The summed E-state index contributed by atoms with van der Waals surface area (Å²) in [6, 6.07) is 6.22. The minimum atomic E-state index is -4.03. The molecular formula is C14H16ClN3O3S. The Kier molecular flexibility index (Phi) is 4.87. The average molecular weight is 342 g/mol. The molecule has 0 unspecified atom stereocenters. The molecule has 1 heterocycles. The second-order valence-corrected chi connectivity index (χ2v) is 7.25. The van der Waals surface area contributed by atoms with Crippen LogP contribution in [0.4, 0.5) is 0 Å². The van der Waals surface area contributed by atoms with Crippen LogP contribution in [0.5, 0.6) is 0 Å². The summed E-state index contributed by atoms with van der Waals surface area (Å²) in [6.45, 7) is 4.65. The van der Waals surface area contributed by atoms with Gasteiger partial charge in [-0.15, -0.1) is 0 Å². The van der Waals surface area contributed by atoms with Gasteiger partial charge < -0.3 is 4.57 Å². The van der Waals surface area contributed by atoms with E-state index in [2.05, 4.69) is 4.98 Å². The van der Waals surface area contributed by atoms with Crippen LogP contribution in [0.15, 0.2) is 41.8 Å². The fourth-order valence-corrected chi connectivity index (χ4v) is 3.01. The molecule has 0 bridgehead atoms. The summed E-state index contributed by atoms with van der Waals surface area (Å²) in [7, 11) is -4.03. The van der Waals surface area contributed by atoms with Gasteiger partial charge in [-0.1, -0.05) is 37.6 Å². The number of sulfonamides is 1. The lowest BCUT2D eigenvalue weighted by atomic mass is 10.2. The van der Waals surface area contributed by atoms with Gasteiger partial charge in [0.15, 0.2) is 5.03 Å². The molecule has 0 saturated heterocycles. The molecule has 0 saturated carbocycles. The number of aromatic nitrogens is 2. The first kappa shape index (κ1) is 16.5. The van der Waals surface area contributed by atoms with E-state index >= 15 is 0 Å². The fourth-order valence-electron chi connectivity index (χ4n) is 1.87. The van der Waals surface area contributed by atoms with Crippen molar-refractivity contribution in [3.63, 3.8) is 0 Å². The summed E-state index contributed by atoms with van der Waals surface area (Å²) in [5.41, 5.74) is 0.0920. The van der Waals surface area contributed by atoms with Crippen molar-refractivity contribution in [2.45, 2.75) is 25.4 Å². The molecule has 0 atom stereocenters. The normalized spacial score (nSPS) is 11.6. The zero-order valence-corrected chi connectivity index (χ0v) is 13.7. The first-order valence-corrected chi connectivity index (χ1v) is 8.49. The molecule has 6 nitrogen and oxygen atoms in total. The molecule has 1 N–H and O–H groups in total. The molecule has 8 heteroatoms. The van der Waals surface area contributed by atoms with Crippen molar-refractivity contribution < 1.29 is 13.2 Å². The van der Waals surface area contributed by atoms with Gasteiger partial charge in [-0.25, -0.2) is 9.71 Å². The summed E-state index contributed by atoms with van der Waals surface area (Å²) in [5.74, 6) is -0.438. The molecule has 2 aromatic rings. The predicted molar refractivity (Wildman–Crippen MR) is 83.2 cm³/mol. The van der Waals surface area contributed by atoms with Gasteiger partial charge >= 0.3 is 0 Å². The summed E-state index contributed by atoms with van der Waals surface area (Å²) >= 11 is 5.88. The Bertz CT molecular complexity index is 784. The highest BCUT2D eigenvalue weighted by Gasteiger charge is 2.22. The first-order chi connectivity index (χ1) is 10.3. The van der Waals surface area contributed by atoms with E-state index in [1.807, 2.05) is 18.6 Å². The van der Waals surface area contributed by atoms with E-state index < -0.39 is 15.9 Å². The third kappa shape index (κ3) is 3.86. The number of nitrogens with zero attached hydrogens (tertiary/aromatic N) is 2. The van der Waals surface area contributed by atoms with Gasteiger partial charge in [0.05, 0.1) is 16.9 Å². The van der Waals surface area contributed by atoms with Crippen LogP contribution < -0.4 is 4.72 Å². The number of hydrogen-bond donors (Lipinski definition) is 1. The zero-order chi connectivity index (χ0) is 16.3. The summed E-state index contributed by atoms with van der Waals surface area (Å²) in [5, 5.41) is -0.0194. The van der Waals surface area contributed by atoms with Gasteiger partial charge in [-0.2, -0.15) is 8.42 Å². The van der Waals surface area contributed by atoms with E-state index in [4.69, 9.17) is 11.6 Å². The van der Waals surface area contributed by atoms with Crippen LogP contribution in [-0.2, 0) is 16.6 Å². The van der Waals surface area contributed by atoms with E-state index in [0.717, 1.165) is 0 Å². The molecule has 0 aliphatic carbocycles. The van der Waals surface area contributed by atoms with Crippen molar-refractivity contribution in [1.29, 1.82) is 0 Å². The second kappa shape index (κ2) is 6.50. The predicted octanol–water partition coefficient (Wildman–Crippen LogP) is 2.31. The Balaban J connectivity index is 2.19. The molecule has 0 aliphatic rings. The van der Waals surface area contributed by atoms with Gasteiger partial charge in [0.1, 0.15) is 0 Å². The number of halogens is 1. The van der Waals surface area contributed by atoms with E-state index in [0.29, 0.717) is 12.5 Å². The summed E-state index contributed by atoms with van der Waals surface area (Å²) < 4.78 is 28.0. The first-order valence-electron chi connectivity index (χ1n) is 6.63. The van der Waals surface area contributed by atoms with Gasteiger partial charge in [0.25, 0.3) is 15.9 Å². The number of carbonyl (C=O) groups is 1. The van der Waals surface area contributed by atoms with Gasteiger partial charge in [0, 0.05) is 12.7 Å². The molecule has 0 aliphatic heterocycles. The number of rotatable bonds is 5. The minimum absolute atomic E-state index is 0.0920. The SMILES string of the molecule is CC(C)Cn1cnc(S(=O)(=O)NC(=O)c2ccccc2Cl)c1. The highest BCUT2D eigenvalue weighted by molar-refractivity contribution is 7.90. The van der Waals surface area contributed by atoms with Gasteiger partial charge in [-0.3, -0.25) is 4.79 Å².